The number of ether oxygens (including phenoxy) is 2. The summed E-state index contributed by atoms with van der Waals surface area (Å²) in [6.07, 6.45) is 0.776. The first-order chi connectivity index (χ1) is 9.65. The molecule has 104 valence electrons. The van der Waals surface area contributed by atoms with Crippen molar-refractivity contribution in [2.75, 3.05) is 7.11 Å². The number of aryl methyl sites for hydroxylation is 1. The van der Waals surface area contributed by atoms with E-state index in [1.54, 1.807) is 19.2 Å². The van der Waals surface area contributed by atoms with Crippen LogP contribution < -0.4 is 9.47 Å². The molecule has 0 aliphatic rings. The largest absolute Gasteiger partial charge is 0.493 e. The molecule has 2 rings (SSSR count). The number of hydrogen-bond acceptors (Lipinski definition) is 3. The minimum atomic E-state index is 0.446. The van der Waals surface area contributed by atoms with Crippen molar-refractivity contribution in [3.8, 4) is 11.5 Å². The molecule has 0 amide bonds. The summed E-state index contributed by atoms with van der Waals surface area (Å²) in [5.74, 6) is 1.14. The Kier molecular flexibility index (Phi) is 4.79. The molecule has 0 saturated carbocycles. The monoisotopic (exact) mass is 334 g/mol. The third kappa shape index (κ3) is 3.20. The molecule has 3 nitrogen and oxygen atoms in total. The van der Waals surface area contributed by atoms with Gasteiger partial charge in [0.25, 0.3) is 0 Å². The normalized spacial score (nSPS) is 10.2. The van der Waals surface area contributed by atoms with E-state index >= 15 is 0 Å². The Labute approximate surface area is 126 Å². The van der Waals surface area contributed by atoms with Gasteiger partial charge in [-0.3, -0.25) is 4.79 Å². The lowest BCUT2D eigenvalue weighted by molar-refractivity contribution is 0.112. The maximum Gasteiger partial charge on any atom is 0.175 e. The van der Waals surface area contributed by atoms with Gasteiger partial charge in [0.2, 0.25) is 0 Å². The van der Waals surface area contributed by atoms with Crippen molar-refractivity contribution in [2.45, 2.75) is 13.5 Å². The summed E-state index contributed by atoms with van der Waals surface area (Å²) in [4.78, 5) is 10.8. The first-order valence-corrected chi connectivity index (χ1v) is 6.95. The summed E-state index contributed by atoms with van der Waals surface area (Å²) >= 11 is 3.41. The smallest absolute Gasteiger partial charge is 0.175 e. The van der Waals surface area contributed by atoms with Gasteiger partial charge in [0.15, 0.2) is 11.5 Å². The predicted molar refractivity (Wildman–Crippen MR) is 81.6 cm³/mol. The van der Waals surface area contributed by atoms with Gasteiger partial charge in [-0.25, -0.2) is 0 Å². The maximum atomic E-state index is 10.8. The number of benzene rings is 2. The molecule has 0 N–H and O–H groups in total. The minimum Gasteiger partial charge on any atom is -0.493 e. The molecule has 0 saturated heterocycles. The van der Waals surface area contributed by atoms with Crippen LogP contribution in [0.2, 0.25) is 0 Å². The fourth-order valence-corrected chi connectivity index (χ4v) is 2.44. The molecule has 0 heterocycles. The fraction of sp³-hybridized carbons (Fsp3) is 0.188. The van der Waals surface area contributed by atoms with Crippen LogP contribution in [0.4, 0.5) is 0 Å². The molecule has 0 fully saturated rings. The van der Waals surface area contributed by atoms with E-state index in [0.717, 1.165) is 11.8 Å². The fourth-order valence-electron chi connectivity index (χ4n) is 1.87. The highest BCUT2D eigenvalue weighted by molar-refractivity contribution is 9.10. The van der Waals surface area contributed by atoms with E-state index in [-0.39, 0.29) is 0 Å². The van der Waals surface area contributed by atoms with Gasteiger partial charge < -0.3 is 9.47 Å². The maximum absolute atomic E-state index is 10.8. The van der Waals surface area contributed by atoms with Crippen molar-refractivity contribution in [1.82, 2.24) is 0 Å². The zero-order valence-electron chi connectivity index (χ0n) is 11.4. The number of carbonyl (C=O) groups excluding carboxylic acids is 1. The molecule has 2 aromatic rings. The molecule has 0 aromatic heterocycles. The standard InChI is InChI=1S/C16H15BrO3/c1-11-5-3-4-6-13(11)10-20-16-14(17)7-12(9-18)8-15(16)19-2/h3-9H,10H2,1-2H3. The van der Waals surface area contributed by atoms with Crippen LogP contribution in [0.5, 0.6) is 11.5 Å². The quantitative estimate of drug-likeness (QED) is 0.770. The van der Waals surface area contributed by atoms with Crippen molar-refractivity contribution in [1.29, 1.82) is 0 Å². The van der Waals surface area contributed by atoms with Crippen LogP contribution in [0.3, 0.4) is 0 Å². The van der Waals surface area contributed by atoms with Gasteiger partial charge in [-0.15, -0.1) is 0 Å². The van der Waals surface area contributed by atoms with Gasteiger partial charge in [0.1, 0.15) is 12.9 Å². The number of carbonyl (C=O) groups is 1. The van der Waals surface area contributed by atoms with Crippen molar-refractivity contribution in [3.05, 3.63) is 57.6 Å². The zero-order valence-corrected chi connectivity index (χ0v) is 12.9. The first-order valence-electron chi connectivity index (χ1n) is 6.15. The Bertz CT molecular complexity index is 623. The van der Waals surface area contributed by atoms with Crippen LogP contribution in [0.1, 0.15) is 21.5 Å². The van der Waals surface area contributed by atoms with Crippen molar-refractivity contribution in [2.24, 2.45) is 0 Å². The number of hydrogen-bond donors (Lipinski definition) is 0. The number of rotatable bonds is 5. The van der Waals surface area contributed by atoms with Gasteiger partial charge in [0.05, 0.1) is 11.6 Å². The van der Waals surface area contributed by atoms with Crippen LogP contribution in [-0.4, -0.2) is 13.4 Å². The molecular weight excluding hydrogens is 320 g/mol. The molecule has 0 spiro atoms. The van der Waals surface area contributed by atoms with E-state index in [9.17, 15) is 4.79 Å². The van der Waals surface area contributed by atoms with Crippen LogP contribution in [0.25, 0.3) is 0 Å². The topological polar surface area (TPSA) is 35.5 Å². The third-order valence-corrected chi connectivity index (χ3v) is 3.61. The van der Waals surface area contributed by atoms with Crippen molar-refractivity contribution < 1.29 is 14.3 Å². The second-order valence-corrected chi connectivity index (χ2v) is 5.22. The second-order valence-electron chi connectivity index (χ2n) is 4.37. The highest BCUT2D eigenvalue weighted by Gasteiger charge is 2.12. The van der Waals surface area contributed by atoms with Gasteiger partial charge in [-0.1, -0.05) is 24.3 Å². The van der Waals surface area contributed by atoms with Gasteiger partial charge >= 0.3 is 0 Å². The summed E-state index contributed by atoms with van der Waals surface area (Å²) in [5.41, 5.74) is 2.82. The molecular formula is C16H15BrO3. The average molecular weight is 335 g/mol. The van der Waals surface area contributed by atoms with Crippen LogP contribution in [0.15, 0.2) is 40.9 Å². The molecule has 0 bridgehead atoms. The zero-order chi connectivity index (χ0) is 14.5. The van der Waals surface area contributed by atoms with Crippen LogP contribution in [-0.2, 0) is 6.61 Å². The SMILES string of the molecule is COc1cc(C=O)cc(Br)c1OCc1ccccc1C. The molecule has 0 unspecified atom stereocenters. The van der Waals surface area contributed by atoms with E-state index in [1.807, 2.05) is 31.2 Å². The average Bonchev–Trinajstić information content (AvgIpc) is 2.46. The van der Waals surface area contributed by atoms with Crippen LogP contribution >= 0.6 is 15.9 Å². The summed E-state index contributed by atoms with van der Waals surface area (Å²) in [6, 6.07) is 11.4. The Morgan fingerprint density at radius 2 is 2.00 bits per heavy atom. The molecule has 4 heteroatoms. The van der Waals surface area contributed by atoms with E-state index in [4.69, 9.17) is 9.47 Å². The summed E-state index contributed by atoms with van der Waals surface area (Å²) < 4.78 is 11.8. The van der Waals surface area contributed by atoms with Crippen LogP contribution in [0, 0.1) is 6.92 Å². The lowest BCUT2D eigenvalue weighted by Gasteiger charge is -2.14. The lowest BCUT2D eigenvalue weighted by Crippen LogP contribution is -2.01. The Hall–Kier alpha value is -1.81. The predicted octanol–water partition coefficient (Wildman–Crippen LogP) is 4.16. The van der Waals surface area contributed by atoms with Gasteiger partial charge in [-0.05, 0) is 46.1 Å². The Balaban J connectivity index is 2.25. The van der Waals surface area contributed by atoms with Gasteiger partial charge in [0, 0.05) is 5.56 Å². The van der Waals surface area contributed by atoms with E-state index in [1.165, 1.54) is 5.56 Å². The van der Waals surface area contributed by atoms with Crippen molar-refractivity contribution in [3.63, 3.8) is 0 Å². The number of methoxy groups -OCH3 is 1. The summed E-state index contributed by atoms with van der Waals surface area (Å²) in [5, 5.41) is 0. The highest BCUT2D eigenvalue weighted by Crippen LogP contribution is 2.36. The molecule has 0 aliphatic carbocycles. The van der Waals surface area contributed by atoms with E-state index in [2.05, 4.69) is 15.9 Å². The molecule has 2 aromatic carbocycles. The van der Waals surface area contributed by atoms with E-state index < -0.39 is 0 Å². The molecule has 0 aliphatic heterocycles. The Morgan fingerprint density at radius 1 is 1.25 bits per heavy atom. The first kappa shape index (κ1) is 14.6. The Morgan fingerprint density at radius 3 is 2.65 bits per heavy atom. The van der Waals surface area contributed by atoms with Gasteiger partial charge in [-0.2, -0.15) is 0 Å². The summed E-state index contributed by atoms with van der Waals surface area (Å²) in [6.45, 7) is 2.49. The number of halogens is 1. The third-order valence-electron chi connectivity index (χ3n) is 3.02. The highest BCUT2D eigenvalue weighted by atomic mass is 79.9. The molecule has 0 radical (unpaired) electrons. The second kappa shape index (κ2) is 6.57. The van der Waals surface area contributed by atoms with E-state index in [0.29, 0.717) is 28.1 Å². The van der Waals surface area contributed by atoms with Crippen molar-refractivity contribution >= 4 is 22.2 Å². The lowest BCUT2D eigenvalue weighted by atomic mass is 10.1. The molecule has 0 atom stereocenters. The molecule has 20 heavy (non-hydrogen) atoms. The minimum absolute atomic E-state index is 0.446. The summed E-state index contributed by atoms with van der Waals surface area (Å²) in [7, 11) is 1.55. The number of aldehydes is 1.